The van der Waals surface area contributed by atoms with Gasteiger partial charge in [-0.3, -0.25) is 0 Å². The molecule has 11 rings (SSSR count). The van der Waals surface area contributed by atoms with Gasteiger partial charge in [-0.05, 0) is 180 Å². The summed E-state index contributed by atoms with van der Waals surface area (Å²) in [4.78, 5) is 0. The monoisotopic (exact) mass is 734 g/mol. The minimum atomic E-state index is 1.00. The molecule has 0 atom stereocenters. The molecule has 0 spiro atoms. The summed E-state index contributed by atoms with van der Waals surface area (Å²) in [5, 5.41) is 5.44. The number of rotatable bonds is 6. The van der Waals surface area contributed by atoms with E-state index in [-0.39, 0.29) is 0 Å². The number of aromatic nitrogens is 2. The van der Waals surface area contributed by atoms with Crippen LogP contribution in [0.4, 0.5) is 0 Å². The normalized spacial score (nSPS) is 14.0. The second kappa shape index (κ2) is 13.1. The molecule has 0 radical (unpaired) electrons. The molecular weight excluding hydrogens is 689 g/mol. The number of benzene rings is 7. The molecule has 0 amide bonds. The first kappa shape index (κ1) is 33.9. The lowest BCUT2D eigenvalue weighted by atomic mass is 9.74. The molecule has 2 heteroatoms. The van der Waals surface area contributed by atoms with E-state index in [9.17, 15) is 0 Å². The third-order valence-electron chi connectivity index (χ3n) is 13.0. The summed E-state index contributed by atoms with van der Waals surface area (Å²) in [6, 6.07) is 50.3. The summed E-state index contributed by atoms with van der Waals surface area (Å²) in [6.07, 6.45) is 9.78. The van der Waals surface area contributed by atoms with Crippen LogP contribution in [-0.4, -0.2) is 9.13 Å². The number of hydrogen-bond donors (Lipinski definition) is 0. The van der Waals surface area contributed by atoms with E-state index in [1.165, 1.54) is 122 Å². The highest BCUT2D eigenvalue weighted by Gasteiger charge is 2.33. The SMILES string of the molecule is C/C=C(\C(C)=C/CC)c1ccc2c(c1)c1cc3c4c(c1n2-c1ccccc1)CCc1c-4c(cc2c4cc(-c5ccccc5C)ccc4n(-c4ccccc4)c12)CC3. The highest BCUT2D eigenvalue weighted by molar-refractivity contribution is 6.17. The highest BCUT2D eigenvalue weighted by Crippen LogP contribution is 2.51. The van der Waals surface area contributed by atoms with Crippen molar-refractivity contribution < 1.29 is 0 Å². The summed E-state index contributed by atoms with van der Waals surface area (Å²) in [6.45, 7) is 8.87. The number of para-hydroxylation sites is 2. The van der Waals surface area contributed by atoms with E-state index in [0.717, 1.165) is 32.1 Å². The van der Waals surface area contributed by atoms with Crippen molar-refractivity contribution in [2.24, 2.45) is 0 Å². The van der Waals surface area contributed by atoms with E-state index in [0.29, 0.717) is 0 Å². The average molecular weight is 735 g/mol. The van der Waals surface area contributed by atoms with Gasteiger partial charge in [0, 0.05) is 32.9 Å². The predicted octanol–water partition coefficient (Wildman–Crippen LogP) is 14.5. The van der Waals surface area contributed by atoms with Crippen LogP contribution in [-0.2, 0) is 25.7 Å². The fraction of sp³-hybridized carbons (Fsp3) is 0.164. The second-order valence-corrected chi connectivity index (χ2v) is 16.2. The Hall–Kier alpha value is -6.38. The first-order chi connectivity index (χ1) is 28.0. The zero-order chi connectivity index (χ0) is 38.4. The van der Waals surface area contributed by atoms with E-state index >= 15 is 0 Å². The van der Waals surface area contributed by atoms with Gasteiger partial charge in [-0.1, -0.05) is 91.9 Å². The molecule has 2 nitrogen and oxygen atoms in total. The molecule has 0 saturated carbocycles. The first-order valence-electron chi connectivity index (χ1n) is 20.8. The van der Waals surface area contributed by atoms with Crippen LogP contribution in [0.2, 0.25) is 0 Å². The van der Waals surface area contributed by atoms with Crippen LogP contribution in [0, 0.1) is 6.92 Å². The average Bonchev–Trinajstić information content (AvgIpc) is 3.76. The third-order valence-corrected chi connectivity index (χ3v) is 13.0. The van der Waals surface area contributed by atoms with Gasteiger partial charge in [-0.15, -0.1) is 0 Å². The zero-order valence-corrected chi connectivity index (χ0v) is 33.3. The molecule has 0 unspecified atom stereocenters. The number of fused-ring (bicyclic) bond motifs is 8. The third kappa shape index (κ3) is 5.03. The van der Waals surface area contributed by atoms with E-state index in [4.69, 9.17) is 0 Å². The van der Waals surface area contributed by atoms with Gasteiger partial charge >= 0.3 is 0 Å². The maximum Gasteiger partial charge on any atom is 0.0579 e. The quantitative estimate of drug-likeness (QED) is 0.151. The van der Waals surface area contributed by atoms with E-state index in [1.807, 2.05) is 0 Å². The maximum atomic E-state index is 2.58. The highest BCUT2D eigenvalue weighted by atomic mass is 15.0. The number of nitrogens with zero attached hydrogens (tertiary/aromatic N) is 2. The van der Waals surface area contributed by atoms with Gasteiger partial charge in [0.1, 0.15) is 0 Å². The Morgan fingerprint density at radius 2 is 1.12 bits per heavy atom. The molecule has 276 valence electrons. The lowest BCUT2D eigenvalue weighted by Crippen LogP contribution is -2.16. The second-order valence-electron chi connectivity index (χ2n) is 16.2. The standard InChI is InChI=1S/C55H46N2/c1-5-15-34(3)42(6-2)36-24-28-50-46(30-36)48-32-38-22-23-39-33-49-47-31-37(43-21-14-13-16-35(43)4)25-29-51(47)57(41-19-11-8-12-20-41)55(49)45-27-26-44(52(38)53(39)45)54(48)56(50)40-17-9-7-10-18-40/h6-21,24-25,28-33H,5,22-23,26-27H2,1-4H3/b34-15-,42-6+. The summed E-state index contributed by atoms with van der Waals surface area (Å²) >= 11 is 0. The van der Waals surface area contributed by atoms with Crippen LogP contribution >= 0.6 is 0 Å². The number of allylic oxidation sites excluding steroid dienone is 4. The van der Waals surface area contributed by atoms with Crippen molar-refractivity contribution in [3.05, 3.63) is 185 Å². The molecule has 2 aliphatic rings. The molecule has 0 saturated heterocycles. The molecule has 0 aliphatic heterocycles. The molecule has 57 heavy (non-hydrogen) atoms. The molecule has 0 bridgehead atoms. The van der Waals surface area contributed by atoms with Crippen LogP contribution in [0.5, 0.6) is 0 Å². The van der Waals surface area contributed by atoms with Crippen LogP contribution in [0.3, 0.4) is 0 Å². The van der Waals surface area contributed by atoms with Crippen LogP contribution in [0.25, 0.3) is 82.8 Å². The van der Waals surface area contributed by atoms with Gasteiger partial charge in [0.15, 0.2) is 0 Å². The topological polar surface area (TPSA) is 9.86 Å². The predicted molar refractivity (Wildman–Crippen MR) is 243 cm³/mol. The number of hydrogen-bond acceptors (Lipinski definition) is 0. The summed E-state index contributed by atoms with van der Waals surface area (Å²) < 4.78 is 5.13. The lowest BCUT2D eigenvalue weighted by molar-refractivity contribution is 0.883. The van der Waals surface area contributed by atoms with E-state index < -0.39 is 0 Å². The fourth-order valence-electron chi connectivity index (χ4n) is 10.6. The molecule has 2 aromatic heterocycles. The minimum absolute atomic E-state index is 1.00. The molecule has 9 aromatic rings. The summed E-state index contributed by atoms with van der Waals surface area (Å²) in [5.41, 5.74) is 24.6. The maximum absolute atomic E-state index is 2.58. The largest absolute Gasteiger partial charge is 0.309 e. The van der Waals surface area contributed by atoms with Crippen LogP contribution in [0.1, 0.15) is 60.6 Å². The number of aryl methyl sites for hydroxylation is 5. The van der Waals surface area contributed by atoms with Gasteiger partial charge in [0.25, 0.3) is 0 Å². The van der Waals surface area contributed by atoms with Gasteiger partial charge in [0.05, 0.1) is 22.1 Å². The van der Waals surface area contributed by atoms with Crippen LogP contribution < -0.4 is 0 Å². The van der Waals surface area contributed by atoms with Crippen molar-refractivity contribution in [3.8, 4) is 33.6 Å². The van der Waals surface area contributed by atoms with Crippen molar-refractivity contribution >= 4 is 49.2 Å². The van der Waals surface area contributed by atoms with Crippen LogP contribution in [0.15, 0.2) is 151 Å². The molecular formula is C55H46N2. The Bertz CT molecular complexity index is 3170. The Balaban J connectivity index is 1.22. The van der Waals surface area contributed by atoms with E-state index in [2.05, 4.69) is 182 Å². The summed E-state index contributed by atoms with van der Waals surface area (Å²) in [5.74, 6) is 0. The fourth-order valence-corrected chi connectivity index (χ4v) is 10.6. The Labute approximate surface area is 335 Å². The van der Waals surface area contributed by atoms with E-state index in [1.54, 1.807) is 0 Å². The minimum Gasteiger partial charge on any atom is -0.309 e. The lowest BCUT2D eigenvalue weighted by Gasteiger charge is -2.31. The Morgan fingerprint density at radius 1 is 0.579 bits per heavy atom. The van der Waals surface area contributed by atoms with Crippen molar-refractivity contribution in [3.63, 3.8) is 0 Å². The molecule has 7 aromatic carbocycles. The molecule has 2 heterocycles. The molecule has 0 N–H and O–H groups in total. The van der Waals surface area contributed by atoms with Gasteiger partial charge in [0.2, 0.25) is 0 Å². The Morgan fingerprint density at radius 3 is 1.68 bits per heavy atom. The molecule has 0 fully saturated rings. The van der Waals surface area contributed by atoms with Gasteiger partial charge < -0.3 is 9.13 Å². The van der Waals surface area contributed by atoms with Crippen molar-refractivity contribution in [2.45, 2.75) is 59.8 Å². The molecule has 2 aliphatic carbocycles. The van der Waals surface area contributed by atoms with Gasteiger partial charge in [-0.25, -0.2) is 0 Å². The van der Waals surface area contributed by atoms with Crippen molar-refractivity contribution in [1.29, 1.82) is 0 Å². The smallest absolute Gasteiger partial charge is 0.0579 e. The first-order valence-corrected chi connectivity index (χ1v) is 20.8. The van der Waals surface area contributed by atoms with Crippen molar-refractivity contribution in [2.75, 3.05) is 0 Å². The summed E-state index contributed by atoms with van der Waals surface area (Å²) in [7, 11) is 0. The zero-order valence-electron chi connectivity index (χ0n) is 33.3. The van der Waals surface area contributed by atoms with Gasteiger partial charge in [-0.2, -0.15) is 0 Å². The Kier molecular flexibility index (Phi) is 7.80. The van der Waals surface area contributed by atoms with Crippen molar-refractivity contribution in [1.82, 2.24) is 9.13 Å².